The van der Waals surface area contributed by atoms with Gasteiger partial charge in [-0.25, -0.2) is 4.39 Å². The van der Waals surface area contributed by atoms with Crippen molar-refractivity contribution in [2.45, 2.75) is 31.3 Å². The molecule has 1 amide bonds. The molecule has 1 saturated carbocycles. The second-order valence-corrected chi connectivity index (χ2v) is 5.53. The molecule has 1 aliphatic carbocycles. The molecule has 3 rings (SSSR count). The maximum Gasteiger partial charge on any atom is 0.267 e. The van der Waals surface area contributed by atoms with Gasteiger partial charge >= 0.3 is 0 Å². The average Bonchev–Trinajstić information content (AvgIpc) is 3.02. The highest BCUT2D eigenvalue weighted by Gasteiger charge is 2.31. The number of carbonyl (C=O) groups excluding carboxylic acids is 1. The molecule has 1 aromatic heterocycles. The molecule has 0 aliphatic heterocycles. The van der Waals surface area contributed by atoms with E-state index in [9.17, 15) is 14.3 Å². The third-order valence-corrected chi connectivity index (χ3v) is 3.94. The zero-order valence-corrected chi connectivity index (χ0v) is 11.1. The van der Waals surface area contributed by atoms with Gasteiger partial charge in [0.05, 0.1) is 5.60 Å². The van der Waals surface area contributed by atoms with E-state index in [1.165, 1.54) is 12.1 Å². The van der Waals surface area contributed by atoms with Crippen LogP contribution in [0, 0.1) is 5.82 Å². The first kappa shape index (κ1) is 13.1. The summed E-state index contributed by atoms with van der Waals surface area (Å²) in [6.45, 7) is 0.259. The number of aliphatic hydroxyl groups is 1. The lowest BCUT2D eigenvalue weighted by Gasteiger charge is -2.22. The molecule has 1 aliphatic rings. The van der Waals surface area contributed by atoms with E-state index in [0.717, 1.165) is 31.2 Å². The Morgan fingerprint density at radius 3 is 2.85 bits per heavy atom. The van der Waals surface area contributed by atoms with Crippen molar-refractivity contribution >= 4 is 16.8 Å². The number of hydrogen-bond acceptors (Lipinski definition) is 2. The lowest BCUT2D eigenvalue weighted by molar-refractivity contribution is 0.0449. The zero-order valence-electron chi connectivity index (χ0n) is 11.1. The maximum atomic E-state index is 13.1. The molecule has 1 aromatic carbocycles. The molecule has 0 radical (unpaired) electrons. The summed E-state index contributed by atoms with van der Waals surface area (Å²) < 4.78 is 13.1. The Bertz CT molecular complexity index is 644. The van der Waals surface area contributed by atoms with Crippen LogP contribution in [-0.4, -0.2) is 28.1 Å². The predicted molar refractivity (Wildman–Crippen MR) is 74.0 cm³/mol. The minimum absolute atomic E-state index is 0.259. The molecule has 0 atom stereocenters. The zero-order chi connectivity index (χ0) is 14.2. The summed E-state index contributed by atoms with van der Waals surface area (Å²) in [6.07, 6.45) is 3.45. The summed E-state index contributed by atoms with van der Waals surface area (Å²) >= 11 is 0. The molecule has 0 unspecified atom stereocenters. The van der Waals surface area contributed by atoms with E-state index >= 15 is 0 Å². The van der Waals surface area contributed by atoms with Gasteiger partial charge in [0, 0.05) is 17.4 Å². The first-order valence-electron chi connectivity index (χ1n) is 6.85. The lowest BCUT2D eigenvalue weighted by atomic mass is 10.0. The second kappa shape index (κ2) is 4.90. The second-order valence-electron chi connectivity index (χ2n) is 5.53. The Hall–Kier alpha value is -1.88. The van der Waals surface area contributed by atoms with E-state index in [4.69, 9.17) is 0 Å². The van der Waals surface area contributed by atoms with Gasteiger partial charge < -0.3 is 15.4 Å². The van der Waals surface area contributed by atoms with Gasteiger partial charge in [-0.15, -0.1) is 0 Å². The Morgan fingerprint density at radius 1 is 1.35 bits per heavy atom. The Labute approximate surface area is 116 Å². The van der Waals surface area contributed by atoms with Crippen molar-refractivity contribution in [1.82, 2.24) is 10.3 Å². The molecule has 3 N–H and O–H groups in total. The van der Waals surface area contributed by atoms with Crippen LogP contribution >= 0.6 is 0 Å². The van der Waals surface area contributed by atoms with Crippen LogP contribution in [0.3, 0.4) is 0 Å². The highest BCUT2D eigenvalue weighted by molar-refractivity contribution is 5.98. The third kappa shape index (κ3) is 2.54. The van der Waals surface area contributed by atoms with Crippen LogP contribution in [0.5, 0.6) is 0 Å². The molecule has 2 aromatic rings. The van der Waals surface area contributed by atoms with Gasteiger partial charge in [0.25, 0.3) is 5.91 Å². The summed E-state index contributed by atoms with van der Waals surface area (Å²) in [5.74, 6) is -0.606. The summed E-state index contributed by atoms with van der Waals surface area (Å²) in [6, 6.07) is 5.95. The SMILES string of the molecule is O=C(NCC1(O)CCCC1)c1cc2cc(F)ccc2[nH]1. The van der Waals surface area contributed by atoms with E-state index < -0.39 is 5.60 Å². The quantitative estimate of drug-likeness (QED) is 0.805. The van der Waals surface area contributed by atoms with Gasteiger partial charge in [-0.1, -0.05) is 12.8 Å². The lowest BCUT2D eigenvalue weighted by Crippen LogP contribution is -2.40. The monoisotopic (exact) mass is 276 g/mol. The predicted octanol–water partition coefficient (Wildman–Crippen LogP) is 2.34. The van der Waals surface area contributed by atoms with Crippen LogP contribution in [0.25, 0.3) is 10.9 Å². The number of nitrogens with one attached hydrogen (secondary N) is 2. The molecule has 20 heavy (non-hydrogen) atoms. The van der Waals surface area contributed by atoms with Crippen molar-refractivity contribution in [1.29, 1.82) is 0 Å². The van der Waals surface area contributed by atoms with Crippen molar-refractivity contribution in [3.63, 3.8) is 0 Å². The van der Waals surface area contributed by atoms with Crippen molar-refractivity contribution in [2.24, 2.45) is 0 Å². The van der Waals surface area contributed by atoms with Crippen molar-refractivity contribution in [3.8, 4) is 0 Å². The number of carbonyl (C=O) groups is 1. The first-order valence-corrected chi connectivity index (χ1v) is 6.85. The van der Waals surface area contributed by atoms with Crippen molar-refractivity contribution in [3.05, 3.63) is 35.8 Å². The maximum absolute atomic E-state index is 13.1. The van der Waals surface area contributed by atoms with Crippen LogP contribution < -0.4 is 5.32 Å². The number of halogens is 1. The van der Waals surface area contributed by atoms with Crippen molar-refractivity contribution in [2.75, 3.05) is 6.54 Å². The number of H-pyrrole nitrogens is 1. The highest BCUT2D eigenvalue weighted by Crippen LogP contribution is 2.28. The largest absolute Gasteiger partial charge is 0.388 e. The molecule has 4 nitrogen and oxygen atoms in total. The summed E-state index contributed by atoms with van der Waals surface area (Å²) in [7, 11) is 0. The number of fused-ring (bicyclic) bond motifs is 1. The normalized spacial score (nSPS) is 17.5. The van der Waals surface area contributed by atoms with Crippen LogP contribution in [-0.2, 0) is 0 Å². The van der Waals surface area contributed by atoms with E-state index in [1.54, 1.807) is 12.1 Å². The van der Waals surface area contributed by atoms with Gasteiger partial charge in [-0.05, 0) is 37.1 Å². The fourth-order valence-electron chi connectivity index (χ4n) is 2.78. The fraction of sp³-hybridized carbons (Fsp3) is 0.400. The van der Waals surface area contributed by atoms with Crippen LogP contribution in [0.2, 0.25) is 0 Å². The molecular formula is C15H17FN2O2. The van der Waals surface area contributed by atoms with Crippen LogP contribution in [0.1, 0.15) is 36.2 Å². The number of rotatable bonds is 3. The molecule has 0 saturated heterocycles. The number of amides is 1. The van der Waals surface area contributed by atoms with Crippen LogP contribution in [0.15, 0.2) is 24.3 Å². The molecular weight excluding hydrogens is 259 g/mol. The van der Waals surface area contributed by atoms with Crippen LogP contribution in [0.4, 0.5) is 4.39 Å². The number of aromatic amines is 1. The first-order chi connectivity index (χ1) is 9.56. The van der Waals surface area contributed by atoms with E-state index in [-0.39, 0.29) is 18.3 Å². The minimum atomic E-state index is -0.770. The number of hydrogen-bond donors (Lipinski definition) is 3. The van der Waals surface area contributed by atoms with E-state index in [1.807, 2.05) is 0 Å². The number of aromatic nitrogens is 1. The fourth-order valence-corrected chi connectivity index (χ4v) is 2.78. The number of benzene rings is 1. The Kier molecular flexibility index (Phi) is 3.22. The molecule has 0 spiro atoms. The Morgan fingerprint density at radius 2 is 2.10 bits per heavy atom. The summed E-state index contributed by atoms with van der Waals surface area (Å²) in [4.78, 5) is 15.0. The molecule has 5 heteroatoms. The molecule has 0 bridgehead atoms. The van der Waals surface area contributed by atoms with Gasteiger partial charge in [0.2, 0.25) is 0 Å². The molecule has 1 fully saturated rings. The van der Waals surface area contributed by atoms with Gasteiger partial charge in [0.1, 0.15) is 11.5 Å². The van der Waals surface area contributed by atoms with Gasteiger partial charge in [-0.3, -0.25) is 4.79 Å². The minimum Gasteiger partial charge on any atom is -0.388 e. The molecule has 106 valence electrons. The third-order valence-electron chi connectivity index (χ3n) is 3.94. The van der Waals surface area contributed by atoms with Crippen molar-refractivity contribution < 1.29 is 14.3 Å². The van der Waals surface area contributed by atoms with E-state index in [2.05, 4.69) is 10.3 Å². The summed E-state index contributed by atoms with van der Waals surface area (Å²) in [5, 5.41) is 13.6. The summed E-state index contributed by atoms with van der Waals surface area (Å²) in [5.41, 5.74) is 0.330. The highest BCUT2D eigenvalue weighted by atomic mass is 19.1. The van der Waals surface area contributed by atoms with E-state index in [0.29, 0.717) is 11.1 Å². The van der Waals surface area contributed by atoms with Gasteiger partial charge in [0.15, 0.2) is 0 Å². The smallest absolute Gasteiger partial charge is 0.267 e. The topological polar surface area (TPSA) is 65.1 Å². The standard InChI is InChI=1S/C15H17FN2O2/c16-11-3-4-12-10(7-11)8-13(18-12)14(19)17-9-15(20)5-1-2-6-15/h3-4,7-8,18,20H,1-2,5-6,9H2,(H,17,19). The molecule has 1 heterocycles. The van der Waals surface area contributed by atoms with Gasteiger partial charge in [-0.2, -0.15) is 0 Å². The average molecular weight is 276 g/mol. The Balaban J connectivity index is 1.72.